The standard InChI is InChI=1S/C29H37ClN4O5/c1-37-18-13-21-3-6-24(7-4-21)38-17-2-14-31-23-11-15-34(16-12-23)29(36)20-39-27-9-5-22(19-25(27)30)26-8-10-28(35)33-32-26/h3-7,9,19,23,31H,2,8,10-18,20H2,1H3,(H,33,35). The number of carbonyl (C=O) groups is 2. The van der Waals surface area contributed by atoms with Crippen LogP contribution in [-0.4, -0.2) is 75.0 Å². The number of amides is 2. The van der Waals surface area contributed by atoms with Gasteiger partial charge in [0, 0.05) is 39.1 Å². The van der Waals surface area contributed by atoms with Gasteiger partial charge in [0.05, 0.1) is 23.9 Å². The van der Waals surface area contributed by atoms with E-state index in [1.165, 1.54) is 5.56 Å². The lowest BCUT2D eigenvalue weighted by Crippen LogP contribution is -2.46. The molecule has 9 nitrogen and oxygen atoms in total. The summed E-state index contributed by atoms with van der Waals surface area (Å²) in [5.74, 6) is 1.20. The molecule has 4 rings (SSSR count). The van der Waals surface area contributed by atoms with Crippen molar-refractivity contribution in [1.82, 2.24) is 15.6 Å². The molecule has 0 atom stereocenters. The van der Waals surface area contributed by atoms with Gasteiger partial charge in [-0.2, -0.15) is 5.10 Å². The third-order valence-electron chi connectivity index (χ3n) is 6.91. The summed E-state index contributed by atoms with van der Waals surface area (Å²) >= 11 is 6.38. The molecular formula is C29H37ClN4O5. The van der Waals surface area contributed by atoms with Crippen LogP contribution in [0.25, 0.3) is 0 Å². The molecule has 2 heterocycles. The third-order valence-corrected chi connectivity index (χ3v) is 7.20. The van der Waals surface area contributed by atoms with Crippen LogP contribution >= 0.6 is 11.6 Å². The largest absolute Gasteiger partial charge is 0.494 e. The van der Waals surface area contributed by atoms with Crippen LogP contribution in [0.15, 0.2) is 47.6 Å². The summed E-state index contributed by atoms with van der Waals surface area (Å²) in [7, 11) is 1.71. The molecule has 39 heavy (non-hydrogen) atoms. The average Bonchev–Trinajstić information content (AvgIpc) is 2.96. The molecule has 10 heteroatoms. The molecule has 0 saturated carbocycles. The Kier molecular flexibility index (Phi) is 11.0. The van der Waals surface area contributed by atoms with Crippen LogP contribution in [0.5, 0.6) is 11.5 Å². The first-order valence-electron chi connectivity index (χ1n) is 13.5. The topological polar surface area (TPSA) is 101 Å². The highest BCUT2D eigenvalue weighted by atomic mass is 35.5. The third kappa shape index (κ3) is 8.95. The number of hydrogen-bond donors (Lipinski definition) is 2. The van der Waals surface area contributed by atoms with Crippen molar-refractivity contribution in [2.45, 2.75) is 44.6 Å². The second kappa shape index (κ2) is 14.9. The number of hydrogen-bond acceptors (Lipinski definition) is 7. The zero-order chi connectivity index (χ0) is 27.5. The van der Waals surface area contributed by atoms with E-state index in [9.17, 15) is 9.59 Å². The lowest BCUT2D eigenvalue weighted by atomic mass is 10.0. The fourth-order valence-corrected chi connectivity index (χ4v) is 4.82. The Bertz CT molecular complexity index is 1130. The summed E-state index contributed by atoms with van der Waals surface area (Å²) in [5, 5.41) is 8.08. The smallest absolute Gasteiger partial charge is 0.260 e. The Hall–Kier alpha value is -3.14. The maximum absolute atomic E-state index is 12.7. The molecular weight excluding hydrogens is 520 g/mol. The van der Waals surface area contributed by atoms with Crippen molar-refractivity contribution in [1.29, 1.82) is 0 Å². The minimum atomic E-state index is -0.0930. The number of piperidine rings is 1. The van der Waals surface area contributed by atoms with Gasteiger partial charge in [-0.3, -0.25) is 9.59 Å². The van der Waals surface area contributed by atoms with Crippen LogP contribution in [0.4, 0.5) is 0 Å². The number of hydrazone groups is 1. The van der Waals surface area contributed by atoms with Crippen LogP contribution in [0.2, 0.25) is 5.02 Å². The van der Waals surface area contributed by atoms with E-state index >= 15 is 0 Å². The number of methoxy groups -OCH3 is 1. The second-order valence-corrected chi connectivity index (χ2v) is 10.1. The maximum atomic E-state index is 12.7. The van der Waals surface area contributed by atoms with Gasteiger partial charge >= 0.3 is 0 Å². The molecule has 2 N–H and O–H groups in total. The number of rotatable bonds is 13. The van der Waals surface area contributed by atoms with Gasteiger partial charge in [-0.1, -0.05) is 23.7 Å². The SMILES string of the molecule is COCCc1ccc(OCCCNC2CCN(C(=O)COc3ccc(C4=NNC(=O)CC4)cc3Cl)CC2)cc1. The molecule has 2 aromatic carbocycles. The quantitative estimate of drug-likeness (QED) is 0.366. The highest BCUT2D eigenvalue weighted by Gasteiger charge is 2.23. The minimum Gasteiger partial charge on any atom is -0.494 e. The first-order chi connectivity index (χ1) is 19.0. The molecule has 0 spiro atoms. The number of likely N-dealkylation sites (tertiary alicyclic amines) is 1. The number of nitrogens with zero attached hydrogens (tertiary/aromatic N) is 2. The van der Waals surface area contributed by atoms with Gasteiger partial charge in [-0.15, -0.1) is 0 Å². The number of carbonyl (C=O) groups excluding carboxylic acids is 2. The van der Waals surface area contributed by atoms with Gasteiger partial charge in [0.1, 0.15) is 11.5 Å². The number of ether oxygens (including phenoxy) is 3. The summed E-state index contributed by atoms with van der Waals surface area (Å²) in [4.78, 5) is 25.8. The molecule has 2 aromatic rings. The summed E-state index contributed by atoms with van der Waals surface area (Å²) in [6.45, 7) is 3.60. The van der Waals surface area contributed by atoms with Gasteiger partial charge in [0.25, 0.3) is 5.91 Å². The molecule has 2 aliphatic rings. The molecule has 0 bridgehead atoms. The van der Waals surface area contributed by atoms with E-state index in [1.807, 2.05) is 23.1 Å². The first kappa shape index (κ1) is 28.9. The predicted molar refractivity (Wildman–Crippen MR) is 151 cm³/mol. The molecule has 2 aliphatic heterocycles. The Balaban J connectivity index is 1.10. The Morgan fingerprint density at radius 3 is 2.59 bits per heavy atom. The lowest BCUT2D eigenvalue weighted by molar-refractivity contribution is -0.134. The van der Waals surface area contributed by atoms with E-state index in [4.69, 9.17) is 25.8 Å². The van der Waals surface area contributed by atoms with E-state index in [0.717, 1.165) is 55.9 Å². The van der Waals surface area contributed by atoms with Gasteiger partial charge < -0.3 is 24.4 Å². The van der Waals surface area contributed by atoms with Gasteiger partial charge in [0.2, 0.25) is 5.91 Å². The number of halogens is 1. The second-order valence-electron chi connectivity index (χ2n) is 9.73. The average molecular weight is 557 g/mol. The summed E-state index contributed by atoms with van der Waals surface area (Å²) in [5.41, 5.74) is 5.32. The Morgan fingerprint density at radius 1 is 1.10 bits per heavy atom. The van der Waals surface area contributed by atoms with Gasteiger partial charge in [0.15, 0.2) is 6.61 Å². The van der Waals surface area contributed by atoms with Crippen LogP contribution < -0.4 is 20.2 Å². The first-order valence-corrected chi connectivity index (χ1v) is 13.9. The van der Waals surface area contributed by atoms with Crippen molar-refractivity contribution in [2.24, 2.45) is 5.10 Å². The summed E-state index contributed by atoms with van der Waals surface area (Å²) < 4.78 is 16.7. The number of nitrogens with one attached hydrogen (secondary N) is 2. The molecule has 1 fully saturated rings. The lowest BCUT2D eigenvalue weighted by Gasteiger charge is -2.32. The molecule has 0 aliphatic carbocycles. The van der Waals surface area contributed by atoms with Crippen molar-refractivity contribution < 1.29 is 23.8 Å². The van der Waals surface area contributed by atoms with E-state index in [0.29, 0.717) is 49.4 Å². The van der Waals surface area contributed by atoms with E-state index in [1.54, 1.807) is 19.2 Å². The van der Waals surface area contributed by atoms with Crippen molar-refractivity contribution in [3.63, 3.8) is 0 Å². The molecule has 2 amide bonds. The van der Waals surface area contributed by atoms with Crippen molar-refractivity contribution in [3.05, 3.63) is 58.6 Å². The van der Waals surface area contributed by atoms with Crippen molar-refractivity contribution >= 4 is 29.1 Å². The monoisotopic (exact) mass is 556 g/mol. The van der Waals surface area contributed by atoms with Crippen LogP contribution in [0.1, 0.15) is 43.2 Å². The number of benzene rings is 2. The summed E-state index contributed by atoms with van der Waals surface area (Å²) in [6, 6.07) is 13.9. The predicted octanol–water partition coefficient (Wildman–Crippen LogP) is 3.57. The molecule has 0 radical (unpaired) electrons. The molecule has 0 aromatic heterocycles. The van der Waals surface area contributed by atoms with E-state index in [2.05, 4.69) is 28.0 Å². The van der Waals surface area contributed by atoms with E-state index in [-0.39, 0.29) is 18.4 Å². The zero-order valence-electron chi connectivity index (χ0n) is 22.4. The Morgan fingerprint density at radius 2 is 1.90 bits per heavy atom. The van der Waals surface area contributed by atoms with Gasteiger partial charge in [-0.25, -0.2) is 5.43 Å². The fourth-order valence-electron chi connectivity index (χ4n) is 4.58. The molecule has 1 saturated heterocycles. The summed E-state index contributed by atoms with van der Waals surface area (Å²) in [6.07, 6.45) is 4.59. The van der Waals surface area contributed by atoms with Crippen LogP contribution in [0, 0.1) is 0 Å². The van der Waals surface area contributed by atoms with E-state index < -0.39 is 0 Å². The fraction of sp³-hybridized carbons (Fsp3) is 0.483. The molecule has 210 valence electrons. The normalized spacial score (nSPS) is 16.0. The highest BCUT2D eigenvalue weighted by molar-refractivity contribution is 6.32. The zero-order valence-corrected chi connectivity index (χ0v) is 23.2. The van der Waals surface area contributed by atoms with Crippen LogP contribution in [-0.2, 0) is 20.7 Å². The highest BCUT2D eigenvalue weighted by Crippen LogP contribution is 2.27. The van der Waals surface area contributed by atoms with Crippen molar-refractivity contribution in [3.8, 4) is 11.5 Å². The van der Waals surface area contributed by atoms with Crippen LogP contribution in [0.3, 0.4) is 0 Å². The minimum absolute atomic E-state index is 0.0467. The Labute approximate surface area is 234 Å². The molecule has 0 unspecified atom stereocenters. The van der Waals surface area contributed by atoms with Gasteiger partial charge in [-0.05, 0) is 73.7 Å². The van der Waals surface area contributed by atoms with Crippen molar-refractivity contribution in [2.75, 3.05) is 46.6 Å². The maximum Gasteiger partial charge on any atom is 0.260 e.